The second kappa shape index (κ2) is 9.30. The highest BCUT2D eigenvalue weighted by Crippen LogP contribution is 2.32. The lowest BCUT2D eigenvalue weighted by Crippen LogP contribution is -2.43. The van der Waals surface area contributed by atoms with E-state index in [-0.39, 0.29) is 17.6 Å². The molecule has 2 amide bonds. The summed E-state index contributed by atoms with van der Waals surface area (Å²) in [4.78, 5) is 32.0. The number of hydrogen-bond donors (Lipinski definition) is 1. The summed E-state index contributed by atoms with van der Waals surface area (Å²) >= 11 is 1.33. The number of carbonyl (C=O) groups is 2. The lowest BCUT2D eigenvalue weighted by Gasteiger charge is -2.23. The van der Waals surface area contributed by atoms with Crippen LogP contribution in [-0.4, -0.2) is 40.9 Å². The molecule has 1 unspecified atom stereocenters. The van der Waals surface area contributed by atoms with Crippen LogP contribution in [0.25, 0.3) is 11.3 Å². The number of rotatable bonds is 7. The molecule has 1 fully saturated rings. The van der Waals surface area contributed by atoms with Crippen LogP contribution in [0.3, 0.4) is 0 Å². The second-order valence-electron chi connectivity index (χ2n) is 6.81. The largest absolute Gasteiger partial charge is 0.435 e. The first kappa shape index (κ1) is 21.2. The fourth-order valence-corrected chi connectivity index (χ4v) is 4.23. The topological polar surface area (TPSA) is 71.5 Å². The van der Waals surface area contributed by atoms with E-state index < -0.39 is 12.7 Å². The molecular formula is C20H23F2N3O3S. The van der Waals surface area contributed by atoms with Crippen LogP contribution in [0.15, 0.2) is 24.3 Å². The summed E-state index contributed by atoms with van der Waals surface area (Å²) in [5.74, 6) is -0.150. The van der Waals surface area contributed by atoms with E-state index >= 15 is 0 Å². The molecule has 9 heteroatoms. The van der Waals surface area contributed by atoms with E-state index in [9.17, 15) is 18.4 Å². The Kier molecular flexibility index (Phi) is 6.79. The van der Waals surface area contributed by atoms with Crippen molar-refractivity contribution in [3.63, 3.8) is 0 Å². The zero-order valence-corrected chi connectivity index (χ0v) is 17.1. The van der Waals surface area contributed by atoms with Crippen molar-refractivity contribution < 1.29 is 23.1 Å². The van der Waals surface area contributed by atoms with Gasteiger partial charge in [-0.1, -0.05) is 6.92 Å². The zero-order valence-electron chi connectivity index (χ0n) is 16.3. The SMILES string of the molecule is CCCC(=O)N1CCCC1C(=O)Nc1nc(-c2ccc(OC(F)F)cc2)c(C)s1. The number of nitrogens with one attached hydrogen (secondary N) is 1. The number of nitrogens with zero attached hydrogens (tertiary/aromatic N) is 2. The number of hydrogen-bond acceptors (Lipinski definition) is 5. The zero-order chi connectivity index (χ0) is 21.0. The lowest BCUT2D eigenvalue weighted by molar-refractivity contribution is -0.136. The molecule has 0 bridgehead atoms. The number of aromatic nitrogens is 1. The van der Waals surface area contributed by atoms with Gasteiger partial charge < -0.3 is 15.0 Å². The highest BCUT2D eigenvalue weighted by atomic mass is 32.1. The number of likely N-dealkylation sites (tertiary alicyclic amines) is 1. The van der Waals surface area contributed by atoms with Gasteiger partial charge in [0.15, 0.2) is 5.13 Å². The normalized spacial score (nSPS) is 16.3. The maximum atomic E-state index is 12.7. The second-order valence-corrected chi connectivity index (χ2v) is 8.01. The van der Waals surface area contributed by atoms with Gasteiger partial charge in [0, 0.05) is 23.4 Å². The first-order valence-electron chi connectivity index (χ1n) is 9.52. The van der Waals surface area contributed by atoms with Crippen LogP contribution >= 0.6 is 11.3 Å². The molecule has 1 aliphatic heterocycles. The van der Waals surface area contributed by atoms with Crippen molar-refractivity contribution in [1.29, 1.82) is 0 Å². The van der Waals surface area contributed by atoms with Crippen LogP contribution in [0.4, 0.5) is 13.9 Å². The average molecular weight is 423 g/mol. The van der Waals surface area contributed by atoms with E-state index in [0.29, 0.717) is 30.2 Å². The molecule has 29 heavy (non-hydrogen) atoms. The Morgan fingerprint density at radius 1 is 1.34 bits per heavy atom. The number of thiazole rings is 1. The van der Waals surface area contributed by atoms with Crippen LogP contribution in [-0.2, 0) is 9.59 Å². The van der Waals surface area contributed by atoms with E-state index in [2.05, 4.69) is 15.0 Å². The highest BCUT2D eigenvalue weighted by molar-refractivity contribution is 7.16. The standard InChI is InChI=1S/C20H23F2N3O3S/c1-3-5-16(26)25-11-4-6-15(25)18(27)24-20-23-17(12(2)29-20)13-7-9-14(10-8-13)28-19(21)22/h7-10,15,19H,3-6,11H2,1-2H3,(H,23,24,27). The monoisotopic (exact) mass is 423 g/mol. The van der Waals surface area contributed by atoms with Gasteiger partial charge >= 0.3 is 6.61 Å². The third-order valence-corrected chi connectivity index (χ3v) is 5.61. The molecule has 1 aliphatic rings. The molecule has 1 aromatic heterocycles. The van der Waals surface area contributed by atoms with Gasteiger partial charge in [-0.2, -0.15) is 8.78 Å². The number of halogens is 2. The number of carbonyl (C=O) groups excluding carboxylic acids is 2. The van der Waals surface area contributed by atoms with Gasteiger partial charge in [0.05, 0.1) is 5.69 Å². The quantitative estimate of drug-likeness (QED) is 0.714. The Bertz CT molecular complexity index is 870. The molecule has 1 saturated heterocycles. The number of benzene rings is 1. The smallest absolute Gasteiger partial charge is 0.387 e. The summed E-state index contributed by atoms with van der Waals surface area (Å²) in [5, 5.41) is 3.28. The summed E-state index contributed by atoms with van der Waals surface area (Å²) in [5.41, 5.74) is 1.40. The van der Waals surface area contributed by atoms with Crippen LogP contribution in [0, 0.1) is 6.92 Å². The Labute approximate surface area is 171 Å². The molecule has 0 aliphatic carbocycles. The van der Waals surface area contributed by atoms with Gasteiger partial charge in [0.2, 0.25) is 11.8 Å². The fraction of sp³-hybridized carbons (Fsp3) is 0.450. The minimum Gasteiger partial charge on any atom is -0.435 e. The maximum absolute atomic E-state index is 12.7. The first-order chi connectivity index (χ1) is 13.9. The van der Waals surface area contributed by atoms with E-state index in [1.165, 1.54) is 23.5 Å². The molecule has 6 nitrogen and oxygen atoms in total. The molecule has 1 aromatic carbocycles. The third kappa shape index (κ3) is 5.09. The highest BCUT2D eigenvalue weighted by Gasteiger charge is 2.34. The molecule has 1 N–H and O–H groups in total. The van der Waals surface area contributed by atoms with Crippen LogP contribution < -0.4 is 10.1 Å². The molecule has 0 radical (unpaired) electrons. The summed E-state index contributed by atoms with van der Waals surface area (Å²) in [7, 11) is 0. The Morgan fingerprint density at radius 2 is 2.07 bits per heavy atom. The Balaban J connectivity index is 1.70. The van der Waals surface area contributed by atoms with Crippen LogP contribution in [0.1, 0.15) is 37.5 Å². The predicted octanol–water partition coefficient (Wildman–Crippen LogP) is 4.45. The summed E-state index contributed by atoms with van der Waals surface area (Å²) < 4.78 is 28.9. The van der Waals surface area contributed by atoms with E-state index in [1.807, 2.05) is 13.8 Å². The Hall–Kier alpha value is -2.55. The summed E-state index contributed by atoms with van der Waals surface area (Å²) in [6, 6.07) is 5.73. The summed E-state index contributed by atoms with van der Waals surface area (Å²) in [6.45, 7) is 1.54. The molecule has 0 spiro atoms. The van der Waals surface area contributed by atoms with E-state index in [0.717, 1.165) is 23.3 Å². The third-order valence-electron chi connectivity index (χ3n) is 4.72. The first-order valence-corrected chi connectivity index (χ1v) is 10.3. The number of aryl methyl sites for hydroxylation is 1. The number of alkyl halides is 2. The van der Waals surface area contributed by atoms with Crippen molar-refractivity contribution in [3.8, 4) is 17.0 Å². The molecule has 156 valence electrons. The average Bonchev–Trinajstić information content (AvgIpc) is 3.29. The van der Waals surface area contributed by atoms with E-state index in [1.54, 1.807) is 17.0 Å². The minimum atomic E-state index is -2.87. The molecule has 1 atom stereocenters. The van der Waals surface area contributed by atoms with Crippen molar-refractivity contribution in [2.45, 2.75) is 52.2 Å². The van der Waals surface area contributed by atoms with Gasteiger partial charge in [-0.3, -0.25) is 9.59 Å². The Morgan fingerprint density at radius 3 is 2.72 bits per heavy atom. The van der Waals surface area contributed by atoms with Gasteiger partial charge in [0.25, 0.3) is 0 Å². The fourth-order valence-electron chi connectivity index (χ4n) is 3.40. The number of amides is 2. The van der Waals surface area contributed by atoms with Gasteiger partial charge in [-0.25, -0.2) is 4.98 Å². The molecule has 0 saturated carbocycles. The summed E-state index contributed by atoms with van der Waals surface area (Å²) in [6.07, 6.45) is 2.64. The van der Waals surface area contributed by atoms with Crippen molar-refractivity contribution >= 4 is 28.3 Å². The van der Waals surface area contributed by atoms with Gasteiger partial charge in [0.1, 0.15) is 11.8 Å². The van der Waals surface area contributed by atoms with E-state index in [4.69, 9.17) is 0 Å². The molecule has 2 aromatic rings. The molecular weight excluding hydrogens is 400 g/mol. The molecule has 3 rings (SSSR count). The minimum absolute atomic E-state index is 0.00673. The van der Waals surface area contributed by atoms with Crippen LogP contribution in [0.2, 0.25) is 0 Å². The van der Waals surface area contributed by atoms with Crippen molar-refractivity contribution in [2.75, 3.05) is 11.9 Å². The van der Waals surface area contributed by atoms with Gasteiger partial charge in [-0.15, -0.1) is 11.3 Å². The van der Waals surface area contributed by atoms with Crippen molar-refractivity contribution in [3.05, 3.63) is 29.1 Å². The number of anilines is 1. The maximum Gasteiger partial charge on any atom is 0.387 e. The van der Waals surface area contributed by atoms with Crippen LogP contribution in [0.5, 0.6) is 5.75 Å². The molecule has 2 heterocycles. The van der Waals surface area contributed by atoms with Crippen molar-refractivity contribution in [1.82, 2.24) is 9.88 Å². The van der Waals surface area contributed by atoms with Crippen molar-refractivity contribution in [2.24, 2.45) is 0 Å². The van der Waals surface area contributed by atoms with Gasteiger partial charge in [-0.05, 0) is 50.5 Å². The number of ether oxygens (including phenoxy) is 1. The predicted molar refractivity (Wildman–Crippen MR) is 107 cm³/mol. The lowest BCUT2D eigenvalue weighted by atomic mass is 10.1.